The third kappa shape index (κ3) is 9.40. The quantitative estimate of drug-likeness (QED) is 0.329. The summed E-state index contributed by atoms with van der Waals surface area (Å²) in [6, 6.07) is 7.95. The molecule has 8 heteroatoms. The number of hydrogen-bond acceptors (Lipinski definition) is 4. The standard InChI is InChI=1S/C22H36N4O3.HI/c1-6-23-20(24-15-17-7-9-19(28-5)10-8-17)25-16-18-11-13-26(14-12-18)21(27)29-22(2,3)4;/h7-10,18H,6,11-16H2,1-5H3,(H2,23,24,25);1H. The zero-order chi connectivity index (χ0) is 21.3. The van der Waals surface area contributed by atoms with Crippen LogP contribution in [0.5, 0.6) is 5.75 Å². The van der Waals surface area contributed by atoms with Gasteiger partial charge in [-0.25, -0.2) is 9.79 Å². The molecule has 0 aromatic heterocycles. The second-order valence-electron chi connectivity index (χ2n) is 8.33. The first-order valence-electron chi connectivity index (χ1n) is 10.4. The number of likely N-dealkylation sites (tertiary alicyclic amines) is 1. The molecule has 0 saturated carbocycles. The number of methoxy groups -OCH3 is 1. The topological polar surface area (TPSA) is 75.2 Å². The number of ether oxygens (including phenoxy) is 2. The number of hydrogen-bond donors (Lipinski definition) is 2. The lowest BCUT2D eigenvalue weighted by atomic mass is 9.97. The second-order valence-corrected chi connectivity index (χ2v) is 8.33. The first kappa shape index (κ1) is 26.3. The lowest BCUT2D eigenvalue weighted by Crippen LogP contribution is -2.45. The molecule has 1 aromatic carbocycles. The Labute approximate surface area is 198 Å². The number of halogens is 1. The van der Waals surface area contributed by atoms with E-state index in [0.717, 1.165) is 56.3 Å². The summed E-state index contributed by atoms with van der Waals surface area (Å²) < 4.78 is 10.7. The van der Waals surface area contributed by atoms with Gasteiger partial charge in [0.05, 0.1) is 13.7 Å². The van der Waals surface area contributed by atoms with Gasteiger partial charge in [-0.3, -0.25) is 0 Å². The summed E-state index contributed by atoms with van der Waals surface area (Å²) in [5, 5.41) is 6.74. The van der Waals surface area contributed by atoms with Gasteiger partial charge in [-0.15, -0.1) is 24.0 Å². The van der Waals surface area contributed by atoms with Gasteiger partial charge in [0.15, 0.2) is 5.96 Å². The van der Waals surface area contributed by atoms with Crippen LogP contribution in [0.4, 0.5) is 4.79 Å². The highest BCUT2D eigenvalue weighted by Gasteiger charge is 2.26. The van der Waals surface area contributed by atoms with Gasteiger partial charge in [0.1, 0.15) is 11.4 Å². The number of carbonyl (C=O) groups is 1. The number of nitrogens with zero attached hydrogens (tertiary/aromatic N) is 2. The molecule has 1 fully saturated rings. The van der Waals surface area contributed by atoms with Gasteiger partial charge in [0.2, 0.25) is 0 Å². The molecule has 1 saturated heterocycles. The fourth-order valence-corrected chi connectivity index (χ4v) is 3.13. The molecule has 7 nitrogen and oxygen atoms in total. The SMILES string of the molecule is CCNC(=NCc1ccc(OC)cc1)NCC1CCN(C(=O)OC(C)(C)C)CC1.I. The molecular weight excluding hydrogens is 495 g/mol. The van der Waals surface area contributed by atoms with Crippen LogP contribution in [0.15, 0.2) is 29.3 Å². The number of nitrogens with one attached hydrogen (secondary N) is 2. The number of amides is 1. The molecule has 0 bridgehead atoms. The highest BCUT2D eigenvalue weighted by Crippen LogP contribution is 2.19. The summed E-state index contributed by atoms with van der Waals surface area (Å²) in [6.07, 6.45) is 1.71. The number of guanidine groups is 1. The van der Waals surface area contributed by atoms with Gasteiger partial charge in [0, 0.05) is 26.2 Å². The van der Waals surface area contributed by atoms with Crippen molar-refractivity contribution >= 4 is 36.0 Å². The van der Waals surface area contributed by atoms with E-state index in [2.05, 4.69) is 22.5 Å². The van der Waals surface area contributed by atoms with Crippen molar-refractivity contribution in [3.8, 4) is 5.75 Å². The van der Waals surface area contributed by atoms with Gasteiger partial charge in [-0.05, 0) is 64.2 Å². The molecule has 170 valence electrons. The molecule has 1 amide bonds. The van der Waals surface area contributed by atoms with Crippen molar-refractivity contribution in [3.05, 3.63) is 29.8 Å². The Bertz CT molecular complexity index is 666. The van der Waals surface area contributed by atoms with Gasteiger partial charge in [-0.1, -0.05) is 12.1 Å². The number of piperidine rings is 1. The number of aliphatic imine (C=N–C) groups is 1. The Morgan fingerprint density at radius 1 is 1.17 bits per heavy atom. The zero-order valence-corrected chi connectivity index (χ0v) is 21.2. The van der Waals surface area contributed by atoms with Crippen LogP contribution in [0.3, 0.4) is 0 Å². The molecule has 0 aliphatic carbocycles. The minimum absolute atomic E-state index is 0. The van der Waals surface area contributed by atoms with E-state index in [1.807, 2.05) is 49.9 Å². The maximum absolute atomic E-state index is 12.2. The van der Waals surface area contributed by atoms with Crippen LogP contribution in [0, 0.1) is 5.92 Å². The number of carbonyl (C=O) groups excluding carboxylic acids is 1. The van der Waals surface area contributed by atoms with Crippen molar-refractivity contribution in [3.63, 3.8) is 0 Å². The van der Waals surface area contributed by atoms with Gasteiger partial charge >= 0.3 is 6.09 Å². The Kier molecular flexibility index (Phi) is 11.3. The van der Waals surface area contributed by atoms with E-state index >= 15 is 0 Å². The number of benzene rings is 1. The predicted octanol–water partition coefficient (Wildman–Crippen LogP) is 4.02. The largest absolute Gasteiger partial charge is 0.497 e. The molecule has 0 spiro atoms. The first-order chi connectivity index (χ1) is 13.8. The van der Waals surface area contributed by atoms with E-state index in [9.17, 15) is 4.79 Å². The van der Waals surface area contributed by atoms with Crippen LogP contribution in [0.2, 0.25) is 0 Å². The molecule has 1 aromatic rings. The monoisotopic (exact) mass is 532 g/mol. The summed E-state index contributed by atoms with van der Waals surface area (Å²) in [6.45, 7) is 11.5. The van der Waals surface area contributed by atoms with E-state index in [4.69, 9.17) is 9.47 Å². The van der Waals surface area contributed by atoms with Crippen LogP contribution < -0.4 is 15.4 Å². The van der Waals surface area contributed by atoms with E-state index in [1.54, 1.807) is 7.11 Å². The van der Waals surface area contributed by atoms with Crippen molar-refractivity contribution in [2.75, 3.05) is 33.3 Å². The van der Waals surface area contributed by atoms with Crippen molar-refractivity contribution in [1.82, 2.24) is 15.5 Å². The van der Waals surface area contributed by atoms with Gasteiger partial charge in [-0.2, -0.15) is 0 Å². The molecule has 2 rings (SSSR count). The third-order valence-corrected chi connectivity index (χ3v) is 4.75. The fourth-order valence-electron chi connectivity index (χ4n) is 3.13. The maximum atomic E-state index is 12.2. The Morgan fingerprint density at radius 3 is 2.33 bits per heavy atom. The molecule has 1 heterocycles. The van der Waals surface area contributed by atoms with Crippen molar-refractivity contribution < 1.29 is 14.3 Å². The highest BCUT2D eigenvalue weighted by molar-refractivity contribution is 14.0. The van der Waals surface area contributed by atoms with Crippen LogP contribution in [0.25, 0.3) is 0 Å². The van der Waals surface area contributed by atoms with Crippen molar-refractivity contribution in [2.24, 2.45) is 10.9 Å². The molecule has 0 atom stereocenters. The second kappa shape index (κ2) is 12.9. The smallest absolute Gasteiger partial charge is 0.410 e. The molecule has 0 radical (unpaired) electrons. The average Bonchev–Trinajstić information content (AvgIpc) is 2.69. The third-order valence-electron chi connectivity index (χ3n) is 4.75. The normalized spacial score (nSPS) is 15.2. The Balaban J connectivity index is 0.00000450. The molecule has 2 N–H and O–H groups in total. The average molecular weight is 532 g/mol. The minimum Gasteiger partial charge on any atom is -0.497 e. The molecular formula is C22H37IN4O3. The number of rotatable bonds is 6. The summed E-state index contributed by atoms with van der Waals surface area (Å²) >= 11 is 0. The van der Waals surface area contributed by atoms with Gasteiger partial charge in [0.25, 0.3) is 0 Å². The summed E-state index contributed by atoms with van der Waals surface area (Å²) in [5.41, 5.74) is 0.685. The van der Waals surface area contributed by atoms with E-state index in [1.165, 1.54) is 0 Å². The maximum Gasteiger partial charge on any atom is 0.410 e. The van der Waals surface area contributed by atoms with Crippen LogP contribution in [-0.4, -0.2) is 55.8 Å². The highest BCUT2D eigenvalue weighted by atomic mass is 127. The molecule has 30 heavy (non-hydrogen) atoms. The zero-order valence-electron chi connectivity index (χ0n) is 18.9. The summed E-state index contributed by atoms with van der Waals surface area (Å²) in [4.78, 5) is 18.7. The van der Waals surface area contributed by atoms with E-state index in [0.29, 0.717) is 12.5 Å². The Morgan fingerprint density at radius 2 is 1.80 bits per heavy atom. The summed E-state index contributed by atoms with van der Waals surface area (Å²) in [5.74, 6) is 2.18. The van der Waals surface area contributed by atoms with E-state index < -0.39 is 5.60 Å². The fraction of sp³-hybridized carbons (Fsp3) is 0.636. The lowest BCUT2D eigenvalue weighted by Gasteiger charge is -2.33. The predicted molar refractivity (Wildman–Crippen MR) is 132 cm³/mol. The molecule has 0 unspecified atom stereocenters. The van der Waals surface area contributed by atoms with Crippen LogP contribution in [-0.2, 0) is 11.3 Å². The van der Waals surface area contributed by atoms with Crippen molar-refractivity contribution in [1.29, 1.82) is 0 Å². The molecule has 1 aliphatic heterocycles. The van der Waals surface area contributed by atoms with E-state index in [-0.39, 0.29) is 30.1 Å². The van der Waals surface area contributed by atoms with Gasteiger partial charge < -0.3 is 25.0 Å². The van der Waals surface area contributed by atoms with Crippen LogP contribution >= 0.6 is 24.0 Å². The first-order valence-corrected chi connectivity index (χ1v) is 10.4. The van der Waals surface area contributed by atoms with Crippen molar-refractivity contribution in [2.45, 2.75) is 52.7 Å². The molecule has 1 aliphatic rings. The van der Waals surface area contributed by atoms with Crippen LogP contribution in [0.1, 0.15) is 46.1 Å². The minimum atomic E-state index is -0.448. The Hall–Kier alpha value is -1.71. The lowest BCUT2D eigenvalue weighted by molar-refractivity contribution is 0.0185. The summed E-state index contributed by atoms with van der Waals surface area (Å²) in [7, 11) is 1.67.